The van der Waals surface area contributed by atoms with Crippen LogP contribution in [0.2, 0.25) is 0 Å². The Bertz CT molecular complexity index is 932. The van der Waals surface area contributed by atoms with Gasteiger partial charge in [-0.2, -0.15) is 0 Å². The molecule has 26 heavy (non-hydrogen) atoms. The maximum absolute atomic E-state index is 12.3. The number of aromatic nitrogens is 1. The number of methoxy groups -OCH3 is 1. The molecule has 1 heterocycles. The summed E-state index contributed by atoms with van der Waals surface area (Å²) in [6.07, 6.45) is 0.958. The number of fused-ring (bicyclic) bond motifs is 1. The highest BCUT2D eigenvalue weighted by atomic mass is 16.5. The van der Waals surface area contributed by atoms with Crippen molar-refractivity contribution in [3.8, 4) is 5.75 Å². The molecular formula is C20H20N2O4. The standard InChI is InChI=1S/C20H20N2O4/c1-13(20(24)22-17-9-5-6-10-18(17)25-2)26-19(23)11-14-12-21-16-8-4-3-7-15(14)16/h3-10,12-13,21H,11H2,1-2H3,(H,22,24)/t13-/m0/s1. The monoisotopic (exact) mass is 352 g/mol. The number of para-hydroxylation sites is 3. The highest BCUT2D eigenvalue weighted by Gasteiger charge is 2.20. The Morgan fingerprint density at radius 1 is 1.12 bits per heavy atom. The number of nitrogens with one attached hydrogen (secondary N) is 2. The van der Waals surface area contributed by atoms with Crippen molar-refractivity contribution in [3.63, 3.8) is 0 Å². The SMILES string of the molecule is COc1ccccc1NC(=O)[C@H](C)OC(=O)Cc1c[nH]c2ccccc12. The zero-order valence-electron chi connectivity index (χ0n) is 14.6. The smallest absolute Gasteiger partial charge is 0.311 e. The fourth-order valence-electron chi connectivity index (χ4n) is 2.71. The Labute approximate surface area is 151 Å². The van der Waals surface area contributed by atoms with Gasteiger partial charge in [0.05, 0.1) is 19.2 Å². The molecule has 1 aromatic heterocycles. The third-order valence-corrected chi connectivity index (χ3v) is 4.05. The zero-order valence-corrected chi connectivity index (χ0v) is 14.6. The van der Waals surface area contributed by atoms with Gasteiger partial charge in [0.2, 0.25) is 0 Å². The lowest BCUT2D eigenvalue weighted by atomic mass is 10.1. The van der Waals surface area contributed by atoms with E-state index in [1.807, 2.05) is 24.3 Å². The van der Waals surface area contributed by atoms with Crippen molar-refractivity contribution in [1.82, 2.24) is 4.98 Å². The molecule has 0 unspecified atom stereocenters. The zero-order chi connectivity index (χ0) is 18.5. The van der Waals surface area contributed by atoms with Crippen molar-refractivity contribution in [3.05, 3.63) is 60.3 Å². The number of aromatic amines is 1. The summed E-state index contributed by atoms with van der Waals surface area (Å²) < 4.78 is 10.5. The van der Waals surface area contributed by atoms with Crippen molar-refractivity contribution in [2.75, 3.05) is 12.4 Å². The summed E-state index contributed by atoms with van der Waals surface area (Å²) >= 11 is 0. The molecule has 0 saturated carbocycles. The highest BCUT2D eigenvalue weighted by molar-refractivity contribution is 5.96. The van der Waals surface area contributed by atoms with Gasteiger partial charge in [-0.3, -0.25) is 9.59 Å². The van der Waals surface area contributed by atoms with E-state index < -0.39 is 18.0 Å². The molecule has 0 fully saturated rings. The van der Waals surface area contributed by atoms with E-state index in [9.17, 15) is 9.59 Å². The second-order valence-electron chi connectivity index (χ2n) is 5.86. The minimum atomic E-state index is -0.919. The quantitative estimate of drug-likeness (QED) is 0.667. The van der Waals surface area contributed by atoms with Gasteiger partial charge in [0.15, 0.2) is 6.10 Å². The molecule has 0 radical (unpaired) electrons. The van der Waals surface area contributed by atoms with E-state index in [2.05, 4.69) is 10.3 Å². The number of anilines is 1. The molecule has 2 aromatic carbocycles. The number of esters is 1. The maximum atomic E-state index is 12.3. The van der Waals surface area contributed by atoms with Crippen molar-refractivity contribution < 1.29 is 19.1 Å². The molecule has 0 bridgehead atoms. The number of benzene rings is 2. The largest absolute Gasteiger partial charge is 0.495 e. The van der Waals surface area contributed by atoms with Crippen LogP contribution in [0.5, 0.6) is 5.75 Å². The average molecular weight is 352 g/mol. The average Bonchev–Trinajstić information content (AvgIpc) is 3.05. The van der Waals surface area contributed by atoms with Gasteiger partial charge in [-0.15, -0.1) is 0 Å². The maximum Gasteiger partial charge on any atom is 0.311 e. The molecule has 0 saturated heterocycles. The Morgan fingerprint density at radius 3 is 2.65 bits per heavy atom. The summed E-state index contributed by atoms with van der Waals surface area (Å²) in [7, 11) is 1.52. The first-order valence-electron chi connectivity index (χ1n) is 8.27. The van der Waals surface area contributed by atoms with Crippen LogP contribution >= 0.6 is 0 Å². The Hall–Kier alpha value is -3.28. The number of ether oxygens (including phenoxy) is 2. The molecular weight excluding hydrogens is 332 g/mol. The van der Waals surface area contributed by atoms with Crippen LogP contribution in [0.3, 0.4) is 0 Å². The molecule has 134 valence electrons. The molecule has 0 aliphatic heterocycles. The first-order valence-corrected chi connectivity index (χ1v) is 8.27. The lowest BCUT2D eigenvalue weighted by Crippen LogP contribution is -2.30. The van der Waals surface area contributed by atoms with Crippen LogP contribution < -0.4 is 10.1 Å². The first-order chi connectivity index (χ1) is 12.6. The van der Waals surface area contributed by atoms with E-state index in [4.69, 9.17) is 9.47 Å². The minimum absolute atomic E-state index is 0.0935. The molecule has 0 spiro atoms. The number of hydrogen-bond acceptors (Lipinski definition) is 4. The number of H-pyrrole nitrogens is 1. The van der Waals surface area contributed by atoms with Crippen molar-refractivity contribution in [1.29, 1.82) is 0 Å². The molecule has 1 atom stereocenters. The molecule has 2 N–H and O–H groups in total. The fraction of sp³-hybridized carbons (Fsp3) is 0.200. The van der Waals surface area contributed by atoms with Crippen LogP contribution in [0, 0.1) is 0 Å². The van der Waals surface area contributed by atoms with Gasteiger partial charge < -0.3 is 19.8 Å². The molecule has 3 rings (SSSR count). The number of carbonyl (C=O) groups is 2. The Balaban J connectivity index is 1.61. The fourth-order valence-corrected chi connectivity index (χ4v) is 2.71. The molecule has 6 nitrogen and oxygen atoms in total. The lowest BCUT2D eigenvalue weighted by molar-refractivity contribution is -0.152. The highest BCUT2D eigenvalue weighted by Crippen LogP contribution is 2.23. The van der Waals surface area contributed by atoms with E-state index in [1.54, 1.807) is 30.5 Å². The van der Waals surface area contributed by atoms with Gasteiger partial charge in [0, 0.05) is 17.1 Å². The lowest BCUT2D eigenvalue weighted by Gasteiger charge is -2.15. The van der Waals surface area contributed by atoms with E-state index in [-0.39, 0.29) is 6.42 Å². The Morgan fingerprint density at radius 2 is 1.85 bits per heavy atom. The number of rotatable bonds is 6. The van der Waals surface area contributed by atoms with Gasteiger partial charge in [0.1, 0.15) is 5.75 Å². The third kappa shape index (κ3) is 3.85. The van der Waals surface area contributed by atoms with Gasteiger partial charge in [-0.25, -0.2) is 0 Å². The summed E-state index contributed by atoms with van der Waals surface area (Å²) in [5.74, 6) is -0.336. The first kappa shape index (κ1) is 17.5. The minimum Gasteiger partial charge on any atom is -0.495 e. The van der Waals surface area contributed by atoms with Crippen LogP contribution in [-0.4, -0.2) is 30.1 Å². The van der Waals surface area contributed by atoms with E-state index in [0.717, 1.165) is 16.5 Å². The third-order valence-electron chi connectivity index (χ3n) is 4.05. The van der Waals surface area contributed by atoms with Crippen molar-refractivity contribution in [2.45, 2.75) is 19.4 Å². The summed E-state index contributed by atoms with van der Waals surface area (Å²) in [5.41, 5.74) is 2.32. The van der Waals surface area contributed by atoms with Crippen LogP contribution in [0.1, 0.15) is 12.5 Å². The summed E-state index contributed by atoms with van der Waals surface area (Å²) in [4.78, 5) is 27.6. The van der Waals surface area contributed by atoms with E-state index in [1.165, 1.54) is 14.0 Å². The molecule has 0 aliphatic carbocycles. The molecule has 0 aliphatic rings. The van der Waals surface area contributed by atoms with Crippen LogP contribution in [0.25, 0.3) is 10.9 Å². The Kier molecular flexibility index (Phi) is 5.22. The summed E-state index contributed by atoms with van der Waals surface area (Å²) in [6, 6.07) is 14.8. The van der Waals surface area contributed by atoms with E-state index >= 15 is 0 Å². The van der Waals surface area contributed by atoms with E-state index in [0.29, 0.717) is 11.4 Å². The topological polar surface area (TPSA) is 80.4 Å². The predicted octanol–water partition coefficient (Wildman–Crippen LogP) is 3.29. The summed E-state index contributed by atoms with van der Waals surface area (Å²) in [5, 5.41) is 3.68. The number of carbonyl (C=O) groups excluding carboxylic acids is 2. The van der Waals surface area contributed by atoms with Crippen LogP contribution in [0.4, 0.5) is 5.69 Å². The van der Waals surface area contributed by atoms with Gasteiger partial charge in [-0.05, 0) is 30.7 Å². The molecule has 6 heteroatoms. The van der Waals surface area contributed by atoms with Gasteiger partial charge >= 0.3 is 5.97 Å². The van der Waals surface area contributed by atoms with Crippen LogP contribution in [0.15, 0.2) is 54.7 Å². The predicted molar refractivity (Wildman–Crippen MR) is 99.2 cm³/mol. The molecule has 3 aromatic rings. The number of amides is 1. The van der Waals surface area contributed by atoms with Crippen LogP contribution in [-0.2, 0) is 20.7 Å². The number of hydrogen-bond donors (Lipinski definition) is 2. The van der Waals surface area contributed by atoms with Gasteiger partial charge in [0.25, 0.3) is 5.91 Å². The summed E-state index contributed by atoms with van der Waals surface area (Å²) in [6.45, 7) is 1.54. The van der Waals surface area contributed by atoms with Gasteiger partial charge in [-0.1, -0.05) is 30.3 Å². The normalized spacial score (nSPS) is 11.8. The van der Waals surface area contributed by atoms with Crippen molar-refractivity contribution in [2.24, 2.45) is 0 Å². The second kappa shape index (κ2) is 7.74. The second-order valence-corrected chi connectivity index (χ2v) is 5.86. The van der Waals surface area contributed by atoms with Crippen molar-refractivity contribution >= 4 is 28.5 Å². The molecule has 1 amide bonds.